The second-order valence-corrected chi connectivity index (χ2v) is 7.59. The molecule has 0 bridgehead atoms. The number of benzene rings is 3. The van der Waals surface area contributed by atoms with Gasteiger partial charge >= 0.3 is 0 Å². The van der Waals surface area contributed by atoms with E-state index in [0.29, 0.717) is 17.0 Å². The fourth-order valence-corrected chi connectivity index (χ4v) is 3.86. The first-order valence-electron chi connectivity index (χ1n) is 10.5. The molecule has 4 N–H and O–H groups in total. The number of amides is 2. The normalized spacial score (nSPS) is 11.6. The lowest BCUT2D eigenvalue weighted by Gasteiger charge is -2.07. The zero-order valence-corrected chi connectivity index (χ0v) is 18.1. The van der Waals surface area contributed by atoms with Gasteiger partial charge in [0.25, 0.3) is 5.91 Å². The molecule has 0 unspecified atom stereocenters. The Morgan fingerprint density at radius 1 is 0.969 bits per heavy atom. The highest BCUT2D eigenvalue weighted by molar-refractivity contribution is 6.11. The van der Waals surface area contributed by atoms with Gasteiger partial charge in [-0.25, -0.2) is 5.43 Å². The summed E-state index contributed by atoms with van der Waals surface area (Å²) < 4.78 is 2.26. The molecule has 1 heterocycles. The maximum atomic E-state index is 12.5. The minimum absolute atomic E-state index is 0.0549. The van der Waals surface area contributed by atoms with E-state index in [1.807, 2.05) is 30.3 Å². The number of hydrogen-bond acceptors (Lipinski definition) is 4. The van der Waals surface area contributed by atoms with E-state index in [2.05, 4.69) is 39.5 Å². The lowest BCUT2D eigenvalue weighted by molar-refractivity contribution is -0.115. The Kier molecular flexibility index (Phi) is 5.89. The van der Waals surface area contributed by atoms with Gasteiger partial charge in [0.15, 0.2) is 0 Å². The molecule has 0 radical (unpaired) electrons. The van der Waals surface area contributed by atoms with E-state index in [1.165, 1.54) is 5.52 Å². The number of fused-ring (bicyclic) bond motifs is 3. The third-order valence-electron chi connectivity index (χ3n) is 5.34. The summed E-state index contributed by atoms with van der Waals surface area (Å²) in [7, 11) is 0. The Bertz CT molecular complexity index is 1350. The molecule has 0 aliphatic heterocycles. The number of carbonyl (C=O) groups is 2. The van der Waals surface area contributed by atoms with Crippen molar-refractivity contribution in [2.24, 2.45) is 5.10 Å². The third-order valence-corrected chi connectivity index (χ3v) is 5.34. The molecule has 0 spiro atoms. The average molecular weight is 428 g/mol. The minimum atomic E-state index is -0.416. The van der Waals surface area contributed by atoms with E-state index < -0.39 is 5.91 Å². The molecule has 0 saturated heterocycles. The number of aromatic nitrogens is 1. The van der Waals surface area contributed by atoms with E-state index >= 15 is 0 Å². The quantitative estimate of drug-likeness (QED) is 0.239. The Hall–Kier alpha value is -4.13. The Balaban J connectivity index is 1.45. The molecule has 2 amide bonds. The summed E-state index contributed by atoms with van der Waals surface area (Å²) in [5, 5.41) is 9.20. The SMILES string of the molecule is CCn1c2ccccc2c2cc(NC(=O)CC(C)=NNC(=O)c3ccccc3N)ccc21. The van der Waals surface area contributed by atoms with Gasteiger partial charge in [-0.15, -0.1) is 0 Å². The number of rotatable bonds is 6. The number of nitrogen functional groups attached to an aromatic ring is 1. The van der Waals surface area contributed by atoms with Gasteiger partial charge in [-0.3, -0.25) is 9.59 Å². The van der Waals surface area contributed by atoms with Crippen molar-refractivity contribution < 1.29 is 9.59 Å². The van der Waals surface area contributed by atoms with Crippen molar-refractivity contribution in [1.82, 2.24) is 9.99 Å². The number of aryl methyl sites for hydroxylation is 1. The summed E-state index contributed by atoms with van der Waals surface area (Å²) in [4.78, 5) is 24.7. The minimum Gasteiger partial charge on any atom is -0.398 e. The molecule has 7 nitrogen and oxygen atoms in total. The van der Waals surface area contributed by atoms with Crippen molar-refractivity contribution in [1.29, 1.82) is 0 Å². The predicted octanol–water partition coefficient (Wildman–Crippen LogP) is 4.53. The fourth-order valence-electron chi connectivity index (χ4n) is 3.86. The number of anilines is 2. The average Bonchev–Trinajstić information content (AvgIpc) is 3.10. The van der Waals surface area contributed by atoms with Gasteiger partial charge in [-0.1, -0.05) is 30.3 Å². The molecule has 32 heavy (non-hydrogen) atoms. The van der Waals surface area contributed by atoms with Gasteiger partial charge in [0, 0.05) is 45.4 Å². The van der Waals surface area contributed by atoms with E-state index in [0.717, 1.165) is 28.5 Å². The van der Waals surface area contributed by atoms with Gasteiger partial charge in [0.2, 0.25) is 5.91 Å². The van der Waals surface area contributed by atoms with E-state index in [9.17, 15) is 9.59 Å². The zero-order chi connectivity index (χ0) is 22.7. The summed E-state index contributed by atoms with van der Waals surface area (Å²) >= 11 is 0. The van der Waals surface area contributed by atoms with Crippen LogP contribution in [0.15, 0.2) is 71.8 Å². The van der Waals surface area contributed by atoms with E-state index in [4.69, 9.17) is 5.73 Å². The highest BCUT2D eigenvalue weighted by atomic mass is 16.2. The molecular formula is C25H25N5O2. The van der Waals surface area contributed by atoms with Crippen LogP contribution in [0.4, 0.5) is 11.4 Å². The summed E-state index contributed by atoms with van der Waals surface area (Å²) in [6, 6.07) is 20.9. The number of hydrogen-bond donors (Lipinski definition) is 3. The highest BCUT2D eigenvalue weighted by Crippen LogP contribution is 2.31. The van der Waals surface area contributed by atoms with Crippen molar-refractivity contribution in [2.45, 2.75) is 26.8 Å². The Labute approximate surface area is 185 Å². The molecule has 0 aliphatic rings. The van der Waals surface area contributed by atoms with Gasteiger partial charge in [0.05, 0.1) is 12.0 Å². The predicted molar refractivity (Wildman–Crippen MR) is 130 cm³/mol. The van der Waals surface area contributed by atoms with Crippen LogP contribution in [0.1, 0.15) is 30.6 Å². The van der Waals surface area contributed by atoms with Gasteiger partial charge < -0.3 is 15.6 Å². The van der Waals surface area contributed by atoms with Crippen LogP contribution in [0.2, 0.25) is 0 Å². The van der Waals surface area contributed by atoms with Gasteiger partial charge in [-0.2, -0.15) is 5.10 Å². The van der Waals surface area contributed by atoms with Crippen LogP contribution in [-0.2, 0) is 11.3 Å². The monoisotopic (exact) mass is 427 g/mol. The van der Waals surface area contributed by atoms with Crippen LogP contribution in [-0.4, -0.2) is 22.1 Å². The molecule has 0 atom stereocenters. The van der Waals surface area contributed by atoms with Crippen LogP contribution >= 0.6 is 0 Å². The Morgan fingerprint density at radius 3 is 2.47 bits per heavy atom. The molecule has 0 saturated carbocycles. The maximum Gasteiger partial charge on any atom is 0.273 e. The van der Waals surface area contributed by atoms with Crippen molar-refractivity contribution in [2.75, 3.05) is 11.1 Å². The molecule has 0 fully saturated rings. The van der Waals surface area contributed by atoms with E-state index in [-0.39, 0.29) is 12.3 Å². The molecule has 7 heteroatoms. The second-order valence-electron chi connectivity index (χ2n) is 7.59. The standard InChI is InChI=1S/C25H25N5O2/c1-3-30-22-11-7-5-8-18(22)20-15-17(12-13-23(20)30)27-24(31)14-16(2)28-29-25(32)19-9-4-6-10-21(19)26/h4-13,15H,3,14,26H2,1-2H3,(H,27,31)(H,29,32). The molecule has 1 aromatic heterocycles. The summed E-state index contributed by atoms with van der Waals surface area (Å²) in [5.41, 5.74) is 12.5. The molecular weight excluding hydrogens is 402 g/mol. The summed E-state index contributed by atoms with van der Waals surface area (Å²) in [6.45, 7) is 4.67. The van der Waals surface area contributed by atoms with Crippen LogP contribution < -0.4 is 16.5 Å². The third kappa shape index (κ3) is 4.18. The van der Waals surface area contributed by atoms with Crippen LogP contribution in [0, 0.1) is 0 Å². The number of para-hydroxylation sites is 2. The first kappa shape index (κ1) is 21.1. The molecule has 4 rings (SSSR count). The Morgan fingerprint density at radius 2 is 1.69 bits per heavy atom. The molecule has 3 aromatic carbocycles. The lowest BCUT2D eigenvalue weighted by atomic mass is 10.1. The number of nitrogens with one attached hydrogen (secondary N) is 2. The number of hydrazone groups is 1. The molecule has 0 aliphatic carbocycles. The first-order chi connectivity index (χ1) is 15.5. The number of nitrogens with two attached hydrogens (primary N) is 1. The van der Waals surface area contributed by atoms with Crippen molar-refractivity contribution in [3.8, 4) is 0 Å². The van der Waals surface area contributed by atoms with Crippen LogP contribution in [0.3, 0.4) is 0 Å². The summed E-state index contributed by atoms with van der Waals surface area (Å²) in [6.07, 6.45) is 0.0549. The second kappa shape index (κ2) is 8.93. The largest absolute Gasteiger partial charge is 0.398 e. The smallest absolute Gasteiger partial charge is 0.273 e. The summed E-state index contributed by atoms with van der Waals surface area (Å²) in [5.74, 6) is -0.626. The van der Waals surface area contributed by atoms with E-state index in [1.54, 1.807) is 31.2 Å². The lowest BCUT2D eigenvalue weighted by Crippen LogP contribution is -2.22. The van der Waals surface area contributed by atoms with Gasteiger partial charge in [0.1, 0.15) is 0 Å². The van der Waals surface area contributed by atoms with Crippen LogP contribution in [0.5, 0.6) is 0 Å². The topological polar surface area (TPSA) is 102 Å². The van der Waals surface area contributed by atoms with Crippen molar-refractivity contribution in [3.05, 3.63) is 72.3 Å². The fraction of sp³-hybridized carbons (Fsp3) is 0.160. The van der Waals surface area contributed by atoms with Crippen molar-refractivity contribution in [3.63, 3.8) is 0 Å². The maximum absolute atomic E-state index is 12.5. The van der Waals surface area contributed by atoms with Crippen LogP contribution in [0.25, 0.3) is 21.8 Å². The number of carbonyl (C=O) groups excluding carboxylic acids is 2. The van der Waals surface area contributed by atoms with Gasteiger partial charge in [-0.05, 0) is 50.2 Å². The first-order valence-corrected chi connectivity index (χ1v) is 10.5. The highest BCUT2D eigenvalue weighted by Gasteiger charge is 2.12. The number of nitrogens with zero attached hydrogens (tertiary/aromatic N) is 2. The van der Waals surface area contributed by atoms with Crippen molar-refractivity contribution >= 4 is 50.7 Å². The molecule has 4 aromatic rings. The molecule has 162 valence electrons. The zero-order valence-electron chi connectivity index (χ0n) is 18.1.